The molecule has 7 nitrogen and oxygen atoms in total. The fraction of sp³-hybridized carbons (Fsp3) is 0.448. The van der Waals surface area contributed by atoms with E-state index in [4.69, 9.17) is 20.4 Å². The van der Waals surface area contributed by atoms with Crippen LogP contribution in [0.3, 0.4) is 0 Å². The second kappa shape index (κ2) is 9.56. The zero-order chi connectivity index (χ0) is 25.7. The molecule has 0 spiro atoms. The van der Waals surface area contributed by atoms with E-state index in [0.29, 0.717) is 17.7 Å². The lowest BCUT2D eigenvalue weighted by Crippen LogP contribution is -2.28. The van der Waals surface area contributed by atoms with Crippen LogP contribution in [-0.4, -0.2) is 33.1 Å². The van der Waals surface area contributed by atoms with Crippen LogP contribution in [0.2, 0.25) is 0 Å². The third-order valence-corrected chi connectivity index (χ3v) is 8.24. The van der Waals surface area contributed by atoms with E-state index in [1.165, 1.54) is 36.2 Å². The summed E-state index contributed by atoms with van der Waals surface area (Å²) in [4.78, 5) is 22.4. The van der Waals surface area contributed by atoms with Crippen molar-refractivity contribution in [1.82, 2.24) is 19.9 Å². The Kier molecular flexibility index (Phi) is 6.23. The SMILES string of the molecule is Cc1cc(-c2cnc3sc(N)nc3c2)cc2c1OCCN(c1nc(CCC3CC3)nc(C)c1C(C)C)C2. The van der Waals surface area contributed by atoms with Gasteiger partial charge in [-0.2, -0.15) is 0 Å². The van der Waals surface area contributed by atoms with Crippen LogP contribution in [-0.2, 0) is 13.0 Å². The topological polar surface area (TPSA) is 90.0 Å². The zero-order valence-electron chi connectivity index (χ0n) is 22.0. The van der Waals surface area contributed by atoms with Gasteiger partial charge >= 0.3 is 0 Å². The zero-order valence-corrected chi connectivity index (χ0v) is 22.9. The van der Waals surface area contributed by atoms with Crippen LogP contribution in [0.15, 0.2) is 24.4 Å². The molecular weight excluding hydrogens is 480 g/mol. The van der Waals surface area contributed by atoms with Gasteiger partial charge in [0, 0.05) is 41.5 Å². The van der Waals surface area contributed by atoms with Crippen LogP contribution >= 0.6 is 11.3 Å². The van der Waals surface area contributed by atoms with Crippen LogP contribution in [0.1, 0.15) is 67.2 Å². The highest BCUT2D eigenvalue weighted by Crippen LogP contribution is 2.37. The van der Waals surface area contributed by atoms with Gasteiger partial charge in [-0.3, -0.25) is 0 Å². The minimum atomic E-state index is 0.340. The molecule has 0 bridgehead atoms. The lowest BCUT2D eigenvalue weighted by molar-refractivity contribution is 0.329. The summed E-state index contributed by atoms with van der Waals surface area (Å²) in [5, 5.41) is 0.541. The average Bonchev–Trinajstić information content (AvgIpc) is 3.64. The first-order valence-electron chi connectivity index (χ1n) is 13.3. The van der Waals surface area contributed by atoms with E-state index in [1.807, 2.05) is 6.20 Å². The summed E-state index contributed by atoms with van der Waals surface area (Å²) < 4.78 is 6.32. The number of nitrogens with zero attached hydrogens (tertiary/aromatic N) is 5. The molecule has 1 aromatic carbocycles. The van der Waals surface area contributed by atoms with Crippen LogP contribution < -0.4 is 15.4 Å². The standard InChI is InChI=1S/C29H34N6OS/c1-16(2)25-18(4)32-24(8-7-19-5-6-19)34-27(25)35-9-10-36-26-17(3)11-20(12-22(26)15-35)21-13-23-28(31-14-21)37-29(30)33-23/h11-14,16,19H,5-10,15H2,1-4H3,(H2,30,33). The molecule has 37 heavy (non-hydrogen) atoms. The molecule has 0 radical (unpaired) electrons. The number of hydrogen-bond acceptors (Lipinski definition) is 8. The molecule has 2 aliphatic rings. The molecule has 4 heterocycles. The van der Waals surface area contributed by atoms with Gasteiger partial charge in [-0.15, -0.1) is 0 Å². The van der Waals surface area contributed by atoms with Gasteiger partial charge in [0.15, 0.2) is 5.13 Å². The number of nitrogens with two attached hydrogens (primary N) is 1. The number of anilines is 2. The van der Waals surface area contributed by atoms with Crippen molar-refractivity contribution in [2.45, 2.75) is 65.8 Å². The quantitative estimate of drug-likeness (QED) is 0.327. The number of thiazole rings is 1. The van der Waals surface area contributed by atoms with E-state index in [2.05, 4.69) is 60.8 Å². The summed E-state index contributed by atoms with van der Waals surface area (Å²) in [6, 6.07) is 6.48. The monoisotopic (exact) mass is 514 g/mol. The number of aryl methyl sites for hydroxylation is 3. The highest BCUT2D eigenvalue weighted by molar-refractivity contribution is 7.21. The van der Waals surface area contributed by atoms with Crippen LogP contribution in [0.25, 0.3) is 21.5 Å². The van der Waals surface area contributed by atoms with Gasteiger partial charge in [0.05, 0.1) is 6.54 Å². The fourth-order valence-electron chi connectivity index (χ4n) is 5.45. The number of benzene rings is 1. The molecule has 8 heteroatoms. The molecule has 192 valence electrons. The van der Waals surface area contributed by atoms with Crippen molar-refractivity contribution in [2.24, 2.45) is 5.92 Å². The molecule has 1 fully saturated rings. The summed E-state index contributed by atoms with van der Waals surface area (Å²) in [5.41, 5.74) is 13.5. The van der Waals surface area contributed by atoms with Crippen molar-refractivity contribution in [1.29, 1.82) is 0 Å². The summed E-state index contributed by atoms with van der Waals surface area (Å²) in [6.07, 6.45) is 6.77. The summed E-state index contributed by atoms with van der Waals surface area (Å²) >= 11 is 1.41. The van der Waals surface area contributed by atoms with Gasteiger partial charge in [0.1, 0.15) is 34.3 Å². The number of pyridine rings is 1. The lowest BCUT2D eigenvalue weighted by atomic mass is 9.99. The Bertz CT molecular complexity index is 1480. The van der Waals surface area contributed by atoms with Crippen molar-refractivity contribution < 1.29 is 4.74 Å². The third-order valence-electron chi connectivity index (χ3n) is 7.43. The maximum absolute atomic E-state index is 6.32. The molecule has 4 aromatic rings. The second-order valence-electron chi connectivity index (χ2n) is 10.8. The predicted molar refractivity (Wildman–Crippen MR) is 150 cm³/mol. The van der Waals surface area contributed by atoms with E-state index >= 15 is 0 Å². The Hall–Kier alpha value is -3.26. The summed E-state index contributed by atoms with van der Waals surface area (Å²) in [6.45, 7) is 10.9. The largest absolute Gasteiger partial charge is 0.491 e. The van der Waals surface area contributed by atoms with Crippen molar-refractivity contribution in [3.8, 4) is 16.9 Å². The van der Waals surface area contributed by atoms with E-state index < -0.39 is 0 Å². The Labute approximate surface area is 222 Å². The summed E-state index contributed by atoms with van der Waals surface area (Å²) in [7, 11) is 0. The van der Waals surface area contributed by atoms with Gasteiger partial charge in [-0.25, -0.2) is 19.9 Å². The van der Waals surface area contributed by atoms with Crippen molar-refractivity contribution in [3.63, 3.8) is 0 Å². The van der Waals surface area contributed by atoms with Crippen LogP contribution in [0.5, 0.6) is 5.75 Å². The number of hydrogen-bond donors (Lipinski definition) is 1. The highest BCUT2D eigenvalue weighted by Gasteiger charge is 2.26. The number of ether oxygens (including phenoxy) is 1. The molecule has 3 aromatic heterocycles. The first-order valence-corrected chi connectivity index (χ1v) is 14.1. The van der Waals surface area contributed by atoms with Crippen molar-refractivity contribution in [3.05, 3.63) is 52.6 Å². The van der Waals surface area contributed by atoms with Crippen molar-refractivity contribution >= 4 is 32.6 Å². The normalized spacial score (nSPS) is 15.6. The molecule has 1 aliphatic heterocycles. The Morgan fingerprint density at radius 3 is 2.73 bits per heavy atom. The molecule has 0 unspecified atom stereocenters. The first kappa shape index (κ1) is 24.1. The van der Waals surface area contributed by atoms with Crippen LogP contribution in [0, 0.1) is 19.8 Å². The maximum Gasteiger partial charge on any atom is 0.182 e. The van der Waals surface area contributed by atoms with E-state index in [0.717, 1.165) is 81.1 Å². The minimum absolute atomic E-state index is 0.340. The van der Waals surface area contributed by atoms with Gasteiger partial charge in [-0.05, 0) is 61.4 Å². The Morgan fingerprint density at radius 1 is 1.11 bits per heavy atom. The highest BCUT2D eigenvalue weighted by atomic mass is 32.1. The number of rotatable bonds is 6. The third kappa shape index (κ3) is 4.87. The van der Waals surface area contributed by atoms with Gasteiger partial charge in [0.2, 0.25) is 0 Å². The molecule has 0 atom stereocenters. The van der Waals surface area contributed by atoms with E-state index in [9.17, 15) is 0 Å². The summed E-state index contributed by atoms with van der Waals surface area (Å²) in [5.74, 6) is 4.22. The van der Waals surface area contributed by atoms with Gasteiger partial charge in [0.25, 0.3) is 0 Å². The molecule has 1 aliphatic carbocycles. The number of aromatic nitrogens is 4. The van der Waals surface area contributed by atoms with Crippen LogP contribution in [0.4, 0.5) is 10.9 Å². The molecular formula is C29H34N6OS. The number of fused-ring (bicyclic) bond motifs is 2. The molecule has 2 N–H and O–H groups in total. The smallest absolute Gasteiger partial charge is 0.182 e. The second-order valence-corrected chi connectivity index (χ2v) is 11.8. The maximum atomic E-state index is 6.32. The average molecular weight is 515 g/mol. The Balaban J connectivity index is 1.37. The van der Waals surface area contributed by atoms with Gasteiger partial charge in [-0.1, -0.05) is 38.0 Å². The lowest BCUT2D eigenvalue weighted by Gasteiger charge is -2.27. The fourth-order valence-corrected chi connectivity index (χ4v) is 6.11. The van der Waals surface area contributed by atoms with Crippen molar-refractivity contribution in [2.75, 3.05) is 23.8 Å². The minimum Gasteiger partial charge on any atom is -0.491 e. The van der Waals surface area contributed by atoms with E-state index in [-0.39, 0.29) is 0 Å². The molecule has 0 saturated heterocycles. The molecule has 6 rings (SSSR count). The molecule has 1 saturated carbocycles. The number of nitrogen functional groups attached to an aromatic ring is 1. The van der Waals surface area contributed by atoms with Gasteiger partial charge < -0.3 is 15.4 Å². The molecule has 0 amide bonds. The predicted octanol–water partition coefficient (Wildman–Crippen LogP) is 6.21. The Morgan fingerprint density at radius 2 is 1.95 bits per heavy atom. The first-order chi connectivity index (χ1) is 17.9. The van der Waals surface area contributed by atoms with E-state index in [1.54, 1.807) is 0 Å².